The van der Waals surface area contributed by atoms with Crippen molar-refractivity contribution in [3.8, 4) is 11.8 Å². The number of unbranched alkanes of at least 4 members (excludes halogenated alkanes) is 1. The largest absolute Gasteiger partial charge is 0.497 e. The number of nitrogens with one attached hydrogen (secondary N) is 1. The first-order chi connectivity index (χ1) is 7.36. The van der Waals surface area contributed by atoms with Crippen molar-refractivity contribution in [2.75, 3.05) is 13.7 Å². The molecule has 80 valence electrons. The molecule has 15 heavy (non-hydrogen) atoms. The molecule has 0 saturated heterocycles. The Morgan fingerprint density at radius 2 is 2.33 bits per heavy atom. The van der Waals surface area contributed by atoms with Gasteiger partial charge in [-0.15, -0.1) is 0 Å². The molecule has 0 saturated carbocycles. The highest BCUT2D eigenvalue weighted by molar-refractivity contribution is 5.28. The first-order valence-electron chi connectivity index (χ1n) is 5.07. The third-order valence-electron chi connectivity index (χ3n) is 2.11. The lowest BCUT2D eigenvalue weighted by atomic mass is 10.2. The summed E-state index contributed by atoms with van der Waals surface area (Å²) in [6, 6.07) is 10.1. The molecular weight excluding hydrogens is 188 g/mol. The smallest absolute Gasteiger partial charge is 0.119 e. The third-order valence-corrected chi connectivity index (χ3v) is 2.11. The maximum absolute atomic E-state index is 8.36. The van der Waals surface area contributed by atoms with Crippen LogP contribution in [0, 0.1) is 11.3 Å². The molecule has 0 atom stereocenters. The van der Waals surface area contributed by atoms with Gasteiger partial charge in [-0.05, 0) is 30.7 Å². The summed E-state index contributed by atoms with van der Waals surface area (Å²) >= 11 is 0. The lowest BCUT2D eigenvalue weighted by molar-refractivity contribution is 0.414. The van der Waals surface area contributed by atoms with E-state index in [-0.39, 0.29) is 0 Å². The van der Waals surface area contributed by atoms with Crippen LogP contribution in [0.4, 0.5) is 0 Å². The monoisotopic (exact) mass is 204 g/mol. The molecule has 0 spiro atoms. The molecule has 1 aromatic rings. The maximum atomic E-state index is 8.36. The van der Waals surface area contributed by atoms with Gasteiger partial charge in [-0.25, -0.2) is 0 Å². The molecule has 1 rings (SSSR count). The summed E-state index contributed by atoms with van der Waals surface area (Å²) in [6.07, 6.45) is 1.52. The molecule has 0 fully saturated rings. The number of ether oxygens (including phenoxy) is 1. The summed E-state index contributed by atoms with van der Waals surface area (Å²) in [5.41, 5.74) is 1.20. The van der Waals surface area contributed by atoms with E-state index >= 15 is 0 Å². The van der Waals surface area contributed by atoms with Crippen molar-refractivity contribution in [3.63, 3.8) is 0 Å². The van der Waals surface area contributed by atoms with Crippen molar-refractivity contribution in [1.29, 1.82) is 5.26 Å². The summed E-state index contributed by atoms with van der Waals surface area (Å²) in [4.78, 5) is 0. The van der Waals surface area contributed by atoms with E-state index in [2.05, 4.69) is 17.5 Å². The van der Waals surface area contributed by atoms with E-state index in [4.69, 9.17) is 10.00 Å². The number of nitriles is 1. The van der Waals surface area contributed by atoms with E-state index in [0.29, 0.717) is 6.42 Å². The number of benzene rings is 1. The summed E-state index contributed by atoms with van der Waals surface area (Å²) in [5.74, 6) is 0.881. The Kier molecular flexibility index (Phi) is 5.28. The molecule has 3 heteroatoms. The van der Waals surface area contributed by atoms with Crippen LogP contribution in [-0.2, 0) is 6.54 Å². The quantitative estimate of drug-likeness (QED) is 0.722. The maximum Gasteiger partial charge on any atom is 0.119 e. The van der Waals surface area contributed by atoms with E-state index in [1.807, 2.05) is 18.2 Å². The first-order valence-corrected chi connectivity index (χ1v) is 5.07. The zero-order valence-corrected chi connectivity index (χ0v) is 8.99. The zero-order chi connectivity index (χ0) is 10.9. The Labute approximate surface area is 90.7 Å². The van der Waals surface area contributed by atoms with Crippen LogP contribution in [0.5, 0.6) is 5.75 Å². The van der Waals surface area contributed by atoms with Crippen molar-refractivity contribution in [2.24, 2.45) is 0 Å². The Morgan fingerprint density at radius 3 is 3.07 bits per heavy atom. The summed E-state index contributed by atoms with van der Waals surface area (Å²) in [5, 5.41) is 11.6. The van der Waals surface area contributed by atoms with Gasteiger partial charge in [0.1, 0.15) is 5.75 Å². The first kappa shape index (κ1) is 11.5. The van der Waals surface area contributed by atoms with Crippen LogP contribution in [0.3, 0.4) is 0 Å². The van der Waals surface area contributed by atoms with E-state index in [1.165, 1.54) is 5.56 Å². The Bertz CT molecular complexity index is 331. The van der Waals surface area contributed by atoms with Crippen molar-refractivity contribution in [1.82, 2.24) is 5.32 Å². The SMILES string of the molecule is COc1cccc(CNCCCC#N)c1. The van der Waals surface area contributed by atoms with E-state index in [0.717, 1.165) is 25.3 Å². The van der Waals surface area contributed by atoms with Crippen LogP contribution in [-0.4, -0.2) is 13.7 Å². The molecule has 0 bridgehead atoms. The Morgan fingerprint density at radius 1 is 1.47 bits per heavy atom. The van der Waals surface area contributed by atoms with Gasteiger partial charge in [0.15, 0.2) is 0 Å². The van der Waals surface area contributed by atoms with E-state index in [9.17, 15) is 0 Å². The van der Waals surface area contributed by atoms with Gasteiger partial charge in [0, 0.05) is 13.0 Å². The average molecular weight is 204 g/mol. The van der Waals surface area contributed by atoms with E-state index < -0.39 is 0 Å². The van der Waals surface area contributed by atoms with Crippen LogP contribution in [0.1, 0.15) is 18.4 Å². The molecule has 3 nitrogen and oxygen atoms in total. The second kappa shape index (κ2) is 6.86. The van der Waals surface area contributed by atoms with Crippen molar-refractivity contribution >= 4 is 0 Å². The molecule has 0 aliphatic rings. The van der Waals surface area contributed by atoms with Crippen molar-refractivity contribution in [3.05, 3.63) is 29.8 Å². The van der Waals surface area contributed by atoms with Crippen LogP contribution in [0.15, 0.2) is 24.3 Å². The number of nitrogens with zero attached hydrogens (tertiary/aromatic N) is 1. The summed E-state index contributed by atoms with van der Waals surface area (Å²) in [7, 11) is 1.67. The fourth-order valence-electron chi connectivity index (χ4n) is 1.31. The van der Waals surface area contributed by atoms with Crippen LogP contribution in [0.25, 0.3) is 0 Å². The fraction of sp³-hybridized carbons (Fsp3) is 0.417. The minimum atomic E-state index is 0.616. The molecule has 1 aromatic carbocycles. The lowest BCUT2D eigenvalue weighted by Gasteiger charge is -2.05. The molecule has 0 radical (unpaired) electrons. The highest BCUT2D eigenvalue weighted by Crippen LogP contribution is 2.11. The minimum absolute atomic E-state index is 0.616. The van der Waals surface area contributed by atoms with Gasteiger partial charge in [-0.2, -0.15) is 5.26 Å². The van der Waals surface area contributed by atoms with Crippen LogP contribution < -0.4 is 10.1 Å². The molecule has 0 amide bonds. The Hall–Kier alpha value is -1.53. The van der Waals surface area contributed by atoms with Crippen LogP contribution >= 0.6 is 0 Å². The van der Waals surface area contributed by atoms with Gasteiger partial charge in [-0.1, -0.05) is 12.1 Å². The topological polar surface area (TPSA) is 45.0 Å². The molecule has 1 N–H and O–H groups in total. The van der Waals surface area contributed by atoms with E-state index in [1.54, 1.807) is 7.11 Å². The van der Waals surface area contributed by atoms with Crippen molar-refractivity contribution in [2.45, 2.75) is 19.4 Å². The standard InChI is InChI=1S/C12H16N2O/c1-15-12-6-4-5-11(9-12)10-14-8-3-2-7-13/h4-6,9,14H,2-3,8,10H2,1H3. The molecule has 0 heterocycles. The number of hydrogen-bond acceptors (Lipinski definition) is 3. The van der Waals surface area contributed by atoms with Crippen molar-refractivity contribution < 1.29 is 4.74 Å². The highest BCUT2D eigenvalue weighted by atomic mass is 16.5. The summed E-state index contributed by atoms with van der Waals surface area (Å²) in [6.45, 7) is 1.70. The fourth-order valence-corrected chi connectivity index (χ4v) is 1.31. The van der Waals surface area contributed by atoms with Gasteiger partial charge >= 0.3 is 0 Å². The molecule has 0 aliphatic carbocycles. The highest BCUT2D eigenvalue weighted by Gasteiger charge is 1.95. The zero-order valence-electron chi connectivity index (χ0n) is 8.99. The number of rotatable bonds is 6. The molecular formula is C12H16N2O. The molecule has 0 aliphatic heterocycles. The van der Waals surface area contributed by atoms with Gasteiger partial charge in [0.2, 0.25) is 0 Å². The second-order valence-electron chi connectivity index (χ2n) is 3.29. The van der Waals surface area contributed by atoms with Gasteiger partial charge < -0.3 is 10.1 Å². The predicted octanol–water partition coefficient (Wildman–Crippen LogP) is 2.09. The molecule has 0 unspecified atom stereocenters. The lowest BCUT2D eigenvalue weighted by Crippen LogP contribution is -2.14. The predicted molar refractivity (Wildman–Crippen MR) is 59.5 cm³/mol. The number of hydrogen-bond donors (Lipinski definition) is 1. The van der Waals surface area contributed by atoms with Crippen LogP contribution in [0.2, 0.25) is 0 Å². The van der Waals surface area contributed by atoms with Gasteiger partial charge in [0.05, 0.1) is 13.2 Å². The van der Waals surface area contributed by atoms with Gasteiger partial charge in [-0.3, -0.25) is 0 Å². The normalized spacial score (nSPS) is 9.60. The van der Waals surface area contributed by atoms with Gasteiger partial charge in [0.25, 0.3) is 0 Å². The summed E-state index contributed by atoms with van der Waals surface area (Å²) < 4.78 is 5.13. The Balaban J connectivity index is 2.28. The number of methoxy groups -OCH3 is 1. The minimum Gasteiger partial charge on any atom is -0.497 e. The average Bonchev–Trinajstić information content (AvgIpc) is 2.29. The second-order valence-corrected chi connectivity index (χ2v) is 3.29. The molecule has 0 aromatic heterocycles. The third kappa shape index (κ3) is 4.48.